The Morgan fingerprint density at radius 3 is 2.86 bits per heavy atom. The van der Waals surface area contributed by atoms with E-state index >= 15 is 0 Å². The van der Waals surface area contributed by atoms with E-state index < -0.39 is 0 Å². The molecule has 0 saturated heterocycles. The Hall–Kier alpha value is -0.310. The molecule has 1 N–H and O–H groups in total. The van der Waals surface area contributed by atoms with Gasteiger partial charge in [-0.25, -0.2) is 4.39 Å². The van der Waals surface area contributed by atoms with Gasteiger partial charge >= 0.3 is 0 Å². The highest BCUT2D eigenvalue weighted by Gasteiger charge is 2.04. The molecule has 0 heterocycles. The number of nitrogens with one attached hydrogen (secondary N) is 1. The molecule has 0 aromatic heterocycles. The summed E-state index contributed by atoms with van der Waals surface area (Å²) in [7, 11) is 0. The summed E-state index contributed by atoms with van der Waals surface area (Å²) in [4.78, 5) is 0. The molecular formula is C10H12Cl2FN. The number of alkyl halides is 1. The first-order valence-corrected chi connectivity index (χ1v) is 5.36. The van der Waals surface area contributed by atoms with Gasteiger partial charge in [-0.15, -0.1) is 11.6 Å². The van der Waals surface area contributed by atoms with Crippen molar-refractivity contribution in [3.8, 4) is 0 Å². The van der Waals surface area contributed by atoms with E-state index in [4.69, 9.17) is 23.2 Å². The molecule has 1 aromatic rings. The molecule has 0 aliphatic carbocycles. The summed E-state index contributed by atoms with van der Waals surface area (Å²) in [6.07, 6.45) is 0.879. The smallest absolute Gasteiger partial charge is 0.146 e. The summed E-state index contributed by atoms with van der Waals surface area (Å²) < 4.78 is 13.3. The Bertz CT molecular complexity index is 291. The molecule has 0 spiro atoms. The summed E-state index contributed by atoms with van der Waals surface area (Å²) in [6, 6.07) is 5.00. The molecule has 0 saturated carbocycles. The summed E-state index contributed by atoms with van der Waals surface area (Å²) in [6.45, 7) is 1.28. The van der Waals surface area contributed by atoms with Crippen molar-refractivity contribution in [1.29, 1.82) is 0 Å². The van der Waals surface area contributed by atoms with Crippen molar-refractivity contribution < 1.29 is 4.39 Å². The van der Waals surface area contributed by atoms with E-state index in [9.17, 15) is 4.39 Å². The van der Waals surface area contributed by atoms with E-state index in [0.29, 0.717) is 18.0 Å². The fourth-order valence-corrected chi connectivity index (χ4v) is 1.43. The van der Waals surface area contributed by atoms with Gasteiger partial charge < -0.3 is 5.32 Å². The first-order valence-electron chi connectivity index (χ1n) is 4.45. The summed E-state index contributed by atoms with van der Waals surface area (Å²) in [5.41, 5.74) is 0.590. The van der Waals surface area contributed by atoms with Crippen LogP contribution >= 0.6 is 23.2 Å². The Kier molecular flexibility index (Phi) is 5.23. The van der Waals surface area contributed by atoms with Gasteiger partial charge in [0, 0.05) is 18.0 Å². The molecule has 1 nitrogen and oxygen atoms in total. The second-order valence-electron chi connectivity index (χ2n) is 2.93. The summed E-state index contributed by atoms with van der Waals surface area (Å²) in [5, 5.41) is 3.26. The minimum atomic E-state index is -0.340. The highest BCUT2D eigenvalue weighted by molar-refractivity contribution is 6.30. The maximum Gasteiger partial charge on any atom is 0.146 e. The highest BCUT2D eigenvalue weighted by Crippen LogP contribution is 2.17. The average Bonchev–Trinajstić information content (AvgIpc) is 2.19. The van der Waals surface area contributed by atoms with Crippen LogP contribution in [0.2, 0.25) is 5.02 Å². The highest BCUT2D eigenvalue weighted by atomic mass is 35.5. The lowest BCUT2D eigenvalue weighted by molar-refractivity contribution is 0.587. The van der Waals surface area contributed by atoms with Crippen LogP contribution in [-0.2, 0) is 6.54 Å². The maximum absolute atomic E-state index is 13.3. The van der Waals surface area contributed by atoms with Crippen molar-refractivity contribution in [2.75, 3.05) is 12.4 Å². The van der Waals surface area contributed by atoms with E-state index in [2.05, 4.69) is 5.32 Å². The summed E-state index contributed by atoms with van der Waals surface area (Å²) in [5.74, 6) is 0.276. The zero-order valence-electron chi connectivity index (χ0n) is 7.69. The SMILES string of the molecule is Fc1c(Cl)cccc1CNCCCCl. The lowest BCUT2D eigenvalue weighted by Gasteiger charge is -2.05. The zero-order chi connectivity index (χ0) is 10.4. The largest absolute Gasteiger partial charge is 0.313 e. The number of hydrogen-bond acceptors (Lipinski definition) is 1. The first-order chi connectivity index (χ1) is 6.75. The van der Waals surface area contributed by atoms with E-state index in [1.165, 1.54) is 0 Å². The van der Waals surface area contributed by atoms with Crippen molar-refractivity contribution in [2.45, 2.75) is 13.0 Å². The molecule has 0 amide bonds. The predicted molar refractivity (Wildman–Crippen MR) is 58.5 cm³/mol. The van der Waals surface area contributed by atoms with Crippen molar-refractivity contribution >= 4 is 23.2 Å². The van der Waals surface area contributed by atoms with Gasteiger partial charge in [0.1, 0.15) is 5.82 Å². The van der Waals surface area contributed by atoms with Crippen molar-refractivity contribution in [2.24, 2.45) is 0 Å². The third-order valence-electron chi connectivity index (χ3n) is 1.83. The van der Waals surface area contributed by atoms with Gasteiger partial charge in [0.15, 0.2) is 0 Å². The molecule has 0 aliphatic rings. The second-order valence-corrected chi connectivity index (χ2v) is 3.72. The fourth-order valence-electron chi connectivity index (χ4n) is 1.10. The van der Waals surface area contributed by atoms with Gasteiger partial charge in [0.05, 0.1) is 5.02 Å². The third kappa shape index (κ3) is 3.45. The quantitative estimate of drug-likeness (QED) is 0.611. The van der Waals surface area contributed by atoms with Gasteiger partial charge in [-0.3, -0.25) is 0 Å². The van der Waals surface area contributed by atoms with Gasteiger partial charge in [-0.1, -0.05) is 23.7 Å². The number of rotatable bonds is 5. The van der Waals surface area contributed by atoms with Crippen LogP contribution < -0.4 is 5.32 Å². The van der Waals surface area contributed by atoms with Crippen LogP contribution in [0.3, 0.4) is 0 Å². The van der Waals surface area contributed by atoms with E-state index in [1.54, 1.807) is 18.2 Å². The molecule has 0 unspecified atom stereocenters. The molecular weight excluding hydrogens is 224 g/mol. The Morgan fingerprint density at radius 2 is 2.14 bits per heavy atom. The van der Waals surface area contributed by atoms with E-state index in [0.717, 1.165) is 13.0 Å². The Labute approximate surface area is 93.2 Å². The molecule has 1 aromatic carbocycles. The lowest BCUT2D eigenvalue weighted by Crippen LogP contribution is -2.15. The van der Waals surface area contributed by atoms with Gasteiger partial charge in [0.25, 0.3) is 0 Å². The first kappa shape index (κ1) is 11.8. The molecule has 78 valence electrons. The van der Waals surface area contributed by atoms with Crippen LogP contribution in [0.1, 0.15) is 12.0 Å². The Morgan fingerprint density at radius 1 is 1.36 bits per heavy atom. The van der Waals surface area contributed by atoms with Crippen molar-refractivity contribution in [3.05, 3.63) is 34.6 Å². The average molecular weight is 236 g/mol. The number of benzene rings is 1. The number of hydrogen-bond donors (Lipinski definition) is 1. The van der Waals surface area contributed by atoms with Crippen LogP contribution in [-0.4, -0.2) is 12.4 Å². The van der Waals surface area contributed by atoms with Gasteiger partial charge in [-0.05, 0) is 19.0 Å². The molecule has 1 rings (SSSR count). The van der Waals surface area contributed by atoms with E-state index in [-0.39, 0.29) is 10.8 Å². The second kappa shape index (κ2) is 6.23. The van der Waals surface area contributed by atoms with Crippen molar-refractivity contribution in [1.82, 2.24) is 5.32 Å². The minimum absolute atomic E-state index is 0.168. The number of halogens is 3. The van der Waals surface area contributed by atoms with Crippen LogP contribution in [0.5, 0.6) is 0 Å². The van der Waals surface area contributed by atoms with Crippen molar-refractivity contribution in [3.63, 3.8) is 0 Å². The zero-order valence-corrected chi connectivity index (χ0v) is 9.21. The summed E-state index contributed by atoms with van der Waals surface area (Å²) >= 11 is 11.1. The molecule has 0 aliphatic heterocycles. The topological polar surface area (TPSA) is 12.0 Å². The minimum Gasteiger partial charge on any atom is -0.313 e. The Balaban J connectivity index is 2.46. The van der Waals surface area contributed by atoms with Crippen LogP contribution in [0.15, 0.2) is 18.2 Å². The molecule has 4 heteroatoms. The van der Waals surface area contributed by atoms with Gasteiger partial charge in [-0.2, -0.15) is 0 Å². The monoisotopic (exact) mass is 235 g/mol. The normalized spacial score (nSPS) is 10.5. The van der Waals surface area contributed by atoms with Crippen LogP contribution in [0, 0.1) is 5.82 Å². The lowest BCUT2D eigenvalue weighted by atomic mass is 10.2. The van der Waals surface area contributed by atoms with Crippen LogP contribution in [0.4, 0.5) is 4.39 Å². The van der Waals surface area contributed by atoms with Gasteiger partial charge in [0.2, 0.25) is 0 Å². The molecule has 0 radical (unpaired) electrons. The standard InChI is InChI=1S/C10H12Cl2FN/c11-5-2-6-14-7-8-3-1-4-9(12)10(8)13/h1,3-4,14H,2,5-7H2. The molecule has 0 atom stereocenters. The van der Waals surface area contributed by atoms with E-state index in [1.807, 2.05) is 0 Å². The predicted octanol–water partition coefficient (Wildman–Crippen LogP) is 3.20. The van der Waals surface area contributed by atoms with Crippen LogP contribution in [0.25, 0.3) is 0 Å². The molecule has 14 heavy (non-hydrogen) atoms. The maximum atomic E-state index is 13.3. The molecule has 0 fully saturated rings. The fraction of sp³-hybridized carbons (Fsp3) is 0.400. The third-order valence-corrected chi connectivity index (χ3v) is 2.39. The molecule has 0 bridgehead atoms.